The fraction of sp³-hybridized carbons (Fsp3) is 0.517. The molecule has 2 atom stereocenters. The third-order valence-corrected chi connectivity index (χ3v) is 7.84. The minimum Gasteiger partial charge on any atom is -0.468 e. The predicted octanol–water partition coefficient (Wildman–Crippen LogP) is 6.05. The van der Waals surface area contributed by atoms with Gasteiger partial charge in [-0.1, -0.05) is 49.1 Å². The van der Waals surface area contributed by atoms with Crippen LogP contribution in [0, 0.1) is 19.8 Å². The first-order valence-electron chi connectivity index (χ1n) is 12.9. The molecule has 0 amide bonds. The first-order valence-corrected chi connectivity index (χ1v) is 13.3. The van der Waals surface area contributed by atoms with E-state index in [1.165, 1.54) is 17.5 Å². The summed E-state index contributed by atoms with van der Waals surface area (Å²) in [7, 11) is 0. The van der Waals surface area contributed by atoms with Gasteiger partial charge in [0.1, 0.15) is 11.5 Å². The summed E-state index contributed by atoms with van der Waals surface area (Å²) < 4.78 is 12.7. The quantitative estimate of drug-likeness (QED) is 0.309. The Morgan fingerprint density at radius 2 is 1.86 bits per heavy atom. The summed E-state index contributed by atoms with van der Waals surface area (Å²) in [4.78, 5) is 12.9. The van der Waals surface area contributed by atoms with Gasteiger partial charge >= 0.3 is 5.97 Å². The van der Waals surface area contributed by atoms with Crippen LogP contribution >= 0.6 is 12.2 Å². The molecule has 2 heterocycles. The summed E-state index contributed by atoms with van der Waals surface area (Å²) in [5.41, 5.74) is 3.86. The lowest BCUT2D eigenvalue weighted by atomic mass is 9.76. The maximum atomic E-state index is 12.9. The highest BCUT2D eigenvalue weighted by atomic mass is 32.1. The Labute approximate surface area is 214 Å². The van der Waals surface area contributed by atoms with E-state index in [0.29, 0.717) is 10.9 Å². The van der Waals surface area contributed by atoms with Crippen molar-refractivity contribution in [3.8, 4) is 11.5 Å². The van der Waals surface area contributed by atoms with Crippen molar-refractivity contribution in [3.63, 3.8) is 0 Å². The van der Waals surface area contributed by atoms with Gasteiger partial charge in [-0.2, -0.15) is 0 Å². The van der Waals surface area contributed by atoms with Crippen LogP contribution in [-0.2, 0) is 4.79 Å². The zero-order valence-corrected chi connectivity index (χ0v) is 22.0. The molecule has 2 N–H and O–H groups in total. The van der Waals surface area contributed by atoms with Crippen LogP contribution in [0.3, 0.4) is 0 Å². The average molecular weight is 493 g/mol. The normalized spacial score (nSPS) is 25.7. The van der Waals surface area contributed by atoms with Crippen LogP contribution in [0.5, 0.6) is 11.5 Å². The van der Waals surface area contributed by atoms with Crippen molar-refractivity contribution >= 4 is 23.3 Å². The number of carbonyl (C=O) groups excluding carboxylic acids is 1. The number of aryl methyl sites for hydroxylation is 2. The number of esters is 1. The van der Waals surface area contributed by atoms with E-state index in [2.05, 4.69) is 62.6 Å². The zero-order valence-electron chi connectivity index (χ0n) is 21.2. The highest BCUT2D eigenvalue weighted by Gasteiger charge is 2.49. The third kappa shape index (κ3) is 5.04. The van der Waals surface area contributed by atoms with Gasteiger partial charge in [-0.3, -0.25) is 4.79 Å². The van der Waals surface area contributed by atoms with Crippen LogP contribution in [-0.4, -0.2) is 22.3 Å². The SMILES string of the molecule is Cc1cccc(C2CC3(CC(C)(C)NC(=S)N3)Oc3cc(OC(=O)C4CCCCC4)cc(C)c32)c1. The Hall–Kier alpha value is -2.60. The number of fused-ring (bicyclic) bond motifs is 1. The molecule has 35 heavy (non-hydrogen) atoms. The van der Waals surface area contributed by atoms with Gasteiger partial charge in [0.15, 0.2) is 10.8 Å². The second-order valence-corrected chi connectivity index (χ2v) is 11.7. The lowest BCUT2D eigenvalue weighted by Crippen LogP contribution is -2.69. The molecule has 1 saturated heterocycles. The van der Waals surface area contributed by atoms with Crippen LogP contribution in [0.15, 0.2) is 36.4 Å². The van der Waals surface area contributed by atoms with Crippen LogP contribution in [0.2, 0.25) is 0 Å². The Morgan fingerprint density at radius 1 is 1.09 bits per heavy atom. The molecular formula is C29H36N2O3S. The second-order valence-electron chi connectivity index (χ2n) is 11.3. The summed E-state index contributed by atoms with van der Waals surface area (Å²) in [6.07, 6.45) is 6.74. The van der Waals surface area contributed by atoms with Crippen LogP contribution in [0.1, 0.15) is 87.0 Å². The molecular weight excluding hydrogens is 456 g/mol. The highest BCUT2D eigenvalue weighted by molar-refractivity contribution is 7.80. The van der Waals surface area contributed by atoms with E-state index in [9.17, 15) is 4.79 Å². The van der Waals surface area contributed by atoms with Gasteiger partial charge in [0.25, 0.3) is 0 Å². The Balaban J connectivity index is 1.54. The average Bonchev–Trinajstić information content (AvgIpc) is 2.77. The van der Waals surface area contributed by atoms with Crippen molar-refractivity contribution in [1.82, 2.24) is 10.6 Å². The van der Waals surface area contributed by atoms with Gasteiger partial charge in [-0.25, -0.2) is 0 Å². The number of hydrogen-bond donors (Lipinski definition) is 2. The molecule has 3 aliphatic rings. The van der Waals surface area contributed by atoms with Crippen molar-refractivity contribution in [1.29, 1.82) is 0 Å². The molecule has 2 unspecified atom stereocenters. The Bertz CT molecular complexity index is 1150. The minimum absolute atomic E-state index is 0.00310. The molecule has 6 heteroatoms. The third-order valence-electron chi connectivity index (χ3n) is 7.63. The monoisotopic (exact) mass is 492 g/mol. The van der Waals surface area contributed by atoms with E-state index >= 15 is 0 Å². The van der Waals surface area contributed by atoms with Crippen molar-refractivity contribution < 1.29 is 14.3 Å². The zero-order chi connectivity index (χ0) is 24.8. The van der Waals surface area contributed by atoms with Gasteiger partial charge in [-0.15, -0.1) is 0 Å². The molecule has 186 valence electrons. The summed E-state index contributed by atoms with van der Waals surface area (Å²) in [5, 5.41) is 7.44. The van der Waals surface area contributed by atoms with Crippen molar-refractivity contribution in [3.05, 3.63) is 58.7 Å². The molecule has 2 aliphatic heterocycles. The molecule has 5 nitrogen and oxygen atoms in total. The van der Waals surface area contributed by atoms with Crippen molar-refractivity contribution in [2.24, 2.45) is 5.92 Å². The van der Waals surface area contributed by atoms with Gasteiger partial charge in [0.05, 0.1) is 5.92 Å². The predicted molar refractivity (Wildman–Crippen MR) is 142 cm³/mol. The lowest BCUT2D eigenvalue weighted by Gasteiger charge is -2.51. The van der Waals surface area contributed by atoms with E-state index in [4.69, 9.17) is 21.7 Å². The second kappa shape index (κ2) is 9.12. The molecule has 2 aromatic carbocycles. The maximum absolute atomic E-state index is 12.9. The van der Waals surface area contributed by atoms with E-state index in [0.717, 1.165) is 55.4 Å². The largest absolute Gasteiger partial charge is 0.468 e. The molecule has 1 aliphatic carbocycles. The summed E-state index contributed by atoms with van der Waals surface area (Å²) in [5.74, 6) is 1.34. The maximum Gasteiger partial charge on any atom is 0.314 e. The molecule has 0 radical (unpaired) electrons. The Morgan fingerprint density at radius 3 is 2.57 bits per heavy atom. The molecule has 0 bridgehead atoms. The Kier molecular flexibility index (Phi) is 6.28. The molecule has 0 aromatic heterocycles. The van der Waals surface area contributed by atoms with E-state index in [1.807, 2.05) is 12.1 Å². The van der Waals surface area contributed by atoms with Crippen molar-refractivity contribution in [2.75, 3.05) is 0 Å². The molecule has 2 fully saturated rings. The molecule has 1 spiro atoms. The van der Waals surface area contributed by atoms with E-state index in [1.54, 1.807) is 0 Å². The first kappa shape index (κ1) is 24.1. The van der Waals surface area contributed by atoms with E-state index < -0.39 is 5.72 Å². The summed E-state index contributed by atoms with van der Waals surface area (Å²) >= 11 is 5.59. The van der Waals surface area contributed by atoms with Crippen molar-refractivity contribution in [2.45, 2.75) is 89.8 Å². The summed E-state index contributed by atoms with van der Waals surface area (Å²) in [6.45, 7) is 8.51. The highest BCUT2D eigenvalue weighted by Crippen LogP contribution is 2.49. The number of carbonyl (C=O) groups is 1. The number of thiocarbonyl (C=S) groups is 1. The smallest absolute Gasteiger partial charge is 0.314 e. The molecule has 1 saturated carbocycles. The first-order chi connectivity index (χ1) is 16.6. The molecule has 5 rings (SSSR count). The number of hydrogen-bond acceptors (Lipinski definition) is 4. The number of ether oxygens (including phenoxy) is 2. The van der Waals surface area contributed by atoms with Crippen LogP contribution in [0.4, 0.5) is 0 Å². The fourth-order valence-corrected chi connectivity index (χ4v) is 6.71. The minimum atomic E-state index is -0.647. The fourth-order valence-electron chi connectivity index (χ4n) is 6.25. The standard InChI is InChI=1S/C29H36N2O3S/c1-18-9-8-12-21(13-18)23-16-29(17-28(3,4)30-27(35)31-29)34-24-15-22(14-19(2)25(23)24)33-26(32)20-10-6-5-7-11-20/h8-9,12-15,20,23H,5-7,10-11,16-17H2,1-4H3,(H2,30,31,35). The van der Waals surface area contributed by atoms with Gasteiger partial charge in [-0.05, 0) is 69.9 Å². The van der Waals surface area contributed by atoms with Gasteiger partial charge in [0.2, 0.25) is 0 Å². The van der Waals surface area contributed by atoms with Crippen LogP contribution in [0.25, 0.3) is 0 Å². The number of nitrogens with one attached hydrogen (secondary N) is 2. The van der Waals surface area contributed by atoms with E-state index in [-0.39, 0.29) is 23.3 Å². The number of benzene rings is 2. The lowest BCUT2D eigenvalue weighted by molar-refractivity contribution is -0.140. The topological polar surface area (TPSA) is 59.6 Å². The molecule has 2 aromatic rings. The van der Waals surface area contributed by atoms with Crippen LogP contribution < -0.4 is 20.1 Å². The van der Waals surface area contributed by atoms with Gasteiger partial charge < -0.3 is 20.1 Å². The summed E-state index contributed by atoms with van der Waals surface area (Å²) in [6, 6.07) is 12.6. The number of rotatable bonds is 3. The van der Waals surface area contributed by atoms with Gasteiger partial charge in [0, 0.05) is 35.9 Å².